The van der Waals surface area contributed by atoms with Gasteiger partial charge in [-0.2, -0.15) is 0 Å². The second-order valence-electron chi connectivity index (χ2n) is 2.38. The Morgan fingerprint density at radius 2 is 2.15 bits per heavy atom. The number of thiophene rings is 1. The molecule has 6 heteroatoms. The molecule has 72 valence electrons. The highest BCUT2D eigenvalue weighted by molar-refractivity contribution is 8.16. The quantitative estimate of drug-likeness (QED) is 0.761. The van der Waals surface area contributed by atoms with Crippen LogP contribution in [0.15, 0.2) is 17.5 Å². The van der Waals surface area contributed by atoms with Crippen LogP contribution < -0.4 is 0 Å². The molecule has 1 rings (SSSR count). The van der Waals surface area contributed by atoms with Gasteiger partial charge in [-0.15, -0.1) is 11.3 Å². The van der Waals surface area contributed by atoms with E-state index < -0.39 is 9.05 Å². The predicted octanol–water partition coefficient (Wildman–Crippen LogP) is 3.33. The summed E-state index contributed by atoms with van der Waals surface area (Å²) in [5.41, 5.74) is 0.590. The van der Waals surface area contributed by atoms with E-state index in [1.54, 1.807) is 19.1 Å². The monoisotopic (exact) mass is 256 g/mol. The molecule has 0 saturated carbocycles. The molecule has 1 heterocycles. The Hall–Kier alpha value is -0.0300. The fraction of sp³-hybridized carbons (Fsp3) is 0.143. The smallest absolute Gasteiger partial charge is 0.208 e. The molecule has 0 bridgehead atoms. The summed E-state index contributed by atoms with van der Waals surface area (Å²) in [6, 6.07) is 3.46. The highest BCUT2D eigenvalue weighted by Gasteiger charge is 2.05. The van der Waals surface area contributed by atoms with Crippen molar-refractivity contribution < 1.29 is 8.42 Å². The van der Waals surface area contributed by atoms with Crippen LogP contribution in [0, 0.1) is 0 Å². The molecule has 0 fully saturated rings. The molecule has 0 aliphatic carbocycles. The van der Waals surface area contributed by atoms with Gasteiger partial charge in [0.25, 0.3) is 9.05 Å². The molecule has 1 aromatic rings. The van der Waals surface area contributed by atoms with E-state index in [2.05, 4.69) is 0 Å². The molecular formula is C7H6Cl2O2S2. The minimum atomic E-state index is -3.59. The highest BCUT2D eigenvalue weighted by Crippen LogP contribution is 2.28. The lowest BCUT2D eigenvalue weighted by Gasteiger charge is -1.93. The summed E-state index contributed by atoms with van der Waals surface area (Å²) in [6.45, 7) is 1.67. The molecule has 0 spiro atoms. The zero-order valence-corrected chi connectivity index (χ0v) is 9.77. The minimum absolute atomic E-state index is 0.590. The number of halogens is 2. The molecule has 0 saturated heterocycles. The third-order valence-electron chi connectivity index (χ3n) is 1.28. The normalized spacial score (nSPS) is 13.3. The van der Waals surface area contributed by atoms with E-state index in [0.717, 1.165) is 10.3 Å². The van der Waals surface area contributed by atoms with Crippen LogP contribution in [0.4, 0.5) is 0 Å². The van der Waals surface area contributed by atoms with Crippen molar-refractivity contribution >= 4 is 48.2 Å². The molecule has 0 N–H and O–H groups in total. The SMILES string of the molecule is C/C(=C\S(=O)(=O)Cl)c1ccc(Cl)s1. The number of hydrogen-bond acceptors (Lipinski definition) is 3. The minimum Gasteiger partial charge on any atom is -0.208 e. The van der Waals surface area contributed by atoms with Gasteiger partial charge in [0.1, 0.15) is 0 Å². The van der Waals surface area contributed by atoms with Gasteiger partial charge < -0.3 is 0 Å². The van der Waals surface area contributed by atoms with E-state index >= 15 is 0 Å². The molecular weight excluding hydrogens is 251 g/mol. The zero-order valence-electron chi connectivity index (χ0n) is 6.62. The maximum Gasteiger partial charge on any atom is 0.254 e. The second kappa shape index (κ2) is 4.00. The molecule has 1 aromatic heterocycles. The fourth-order valence-electron chi connectivity index (χ4n) is 0.795. The van der Waals surface area contributed by atoms with Crippen molar-refractivity contribution in [1.29, 1.82) is 0 Å². The van der Waals surface area contributed by atoms with Gasteiger partial charge in [-0.25, -0.2) is 8.42 Å². The Morgan fingerprint density at radius 1 is 1.54 bits per heavy atom. The average molecular weight is 257 g/mol. The molecule has 0 unspecified atom stereocenters. The van der Waals surface area contributed by atoms with E-state index in [1.807, 2.05) is 0 Å². The van der Waals surface area contributed by atoms with Gasteiger partial charge in [0.15, 0.2) is 0 Å². The predicted molar refractivity (Wildman–Crippen MR) is 57.8 cm³/mol. The summed E-state index contributed by atoms with van der Waals surface area (Å²) in [5.74, 6) is 0. The molecule has 0 aliphatic heterocycles. The number of hydrogen-bond donors (Lipinski definition) is 0. The van der Waals surface area contributed by atoms with Crippen LogP contribution in [0.5, 0.6) is 0 Å². The van der Waals surface area contributed by atoms with Crippen molar-refractivity contribution in [3.8, 4) is 0 Å². The highest BCUT2D eigenvalue weighted by atomic mass is 35.7. The van der Waals surface area contributed by atoms with Gasteiger partial charge in [0, 0.05) is 15.6 Å². The average Bonchev–Trinajstić information content (AvgIpc) is 2.31. The Balaban J connectivity index is 3.05. The van der Waals surface area contributed by atoms with Crippen molar-refractivity contribution in [2.75, 3.05) is 0 Å². The Labute approximate surface area is 90.2 Å². The van der Waals surface area contributed by atoms with Crippen molar-refractivity contribution in [1.82, 2.24) is 0 Å². The van der Waals surface area contributed by atoms with Crippen LogP contribution in [0.3, 0.4) is 0 Å². The maximum absolute atomic E-state index is 10.7. The van der Waals surface area contributed by atoms with E-state index in [4.69, 9.17) is 22.3 Å². The number of rotatable bonds is 2. The summed E-state index contributed by atoms with van der Waals surface area (Å²) in [4.78, 5) is 0.800. The van der Waals surface area contributed by atoms with Crippen LogP contribution in [0.1, 0.15) is 11.8 Å². The third-order valence-corrected chi connectivity index (χ3v) is 3.55. The molecule has 0 radical (unpaired) electrons. The first-order valence-electron chi connectivity index (χ1n) is 3.27. The summed E-state index contributed by atoms with van der Waals surface area (Å²) >= 11 is 7.00. The van der Waals surface area contributed by atoms with Gasteiger partial charge in [0.2, 0.25) is 0 Å². The van der Waals surface area contributed by atoms with Gasteiger partial charge in [-0.05, 0) is 24.6 Å². The second-order valence-corrected chi connectivity index (χ2v) is 6.57. The van der Waals surface area contributed by atoms with Gasteiger partial charge in [-0.1, -0.05) is 11.6 Å². The summed E-state index contributed by atoms with van der Waals surface area (Å²) in [5, 5.41) is 1.01. The summed E-state index contributed by atoms with van der Waals surface area (Å²) in [7, 11) is 1.46. The number of allylic oxidation sites excluding steroid dienone is 1. The molecule has 0 aliphatic rings. The Kier molecular flexibility index (Phi) is 3.40. The van der Waals surface area contributed by atoms with Crippen LogP contribution >= 0.6 is 33.6 Å². The van der Waals surface area contributed by atoms with Crippen molar-refractivity contribution in [2.45, 2.75) is 6.92 Å². The van der Waals surface area contributed by atoms with Crippen molar-refractivity contribution in [2.24, 2.45) is 0 Å². The summed E-state index contributed by atoms with van der Waals surface area (Å²) < 4.78 is 22.0. The van der Waals surface area contributed by atoms with Gasteiger partial charge in [0.05, 0.1) is 9.74 Å². The Morgan fingerprint density at radius 3 is 2.54 bits per heavy atom. The van der Waals surface area contributed by atoms with Crippen LogP contribution in [0.25, 0.3) is 5.57 Å². The lowest BCUT2D eigenvalue weighted by atomic mass is 10.3. The Bertz CT molecular complexity index is 431. The standard InChI is InChI=1S/C7H6Cl2O2S2/c1-5(4-13(9,10)11)6-2-3-7(8)12-6/h2-4H,1H3/b5-4+. The van der Waals surface area contributed by atoms with E-state index in [9.17, 15) is 8.42 Å². The lowest BCUT2D eigenvalue weighted by Crippen LogP contribution is -1.82. The molecule has 0 atom stereocenters. The zero-order chi connectivity index (χ0) is 10.1. The fourth-order valence-corrected chi connectivity index (χ4v) is 2.83. The maximum atomic E-state index is 10.7. The van der Waals surface area contributed by atoms with Gasteiger partial charge >= 0.3 is 0 Å². The first-order valence-corrected chi connectivity index (χ1v) is 6.84. The first kappa shape index (κ1) is 11.0. The first-order chi connectivity index (χ1) is 5.88. The molecule has 13 heavy (non-hydrogen) atoms. The van der Waals surface area contributed by atoms with E-state index in [1.165, 1.54) is 11.3 Å². The van der Waals surface area contributed by atoms with Crippen molar-refractivity contribution in [3.63, 3.8) is 0 Å². The van der Waals surface area contributed by atoms with Gasteiger partial charge in [-0.3, -0.25) is 0 Å². The van der Waals surface area contributed by atoms with Crippen LogP contribution in [0.2, 0.25) is 4.34 Å². The largest absolute Gasteiger partial charge is 0.254 e. The van der Waals surface area contributed by atoms with Crippen molar-refractivity contribution in [3.05, 3.63) is 26.8 Å². The van der Waals surface area contributed by atoms with Crippen LogP contribution in [-0.4, -0.2) is 8.42 Å². The molecule has 2 nitrogen and oxygen atoms in total. The van der Waals surface area contributed by atoms with Crippen LogP contribution in [-0.2, 0) is 9.05 Å². The van der Waals surface area contributed by atoms with E-state index in [0.29, 0.717) is 9.91 Å². The topological polar surface area (TPSA) is 34.1 Å². The third kappa shape index (κ3) is 3.68. The lowest BCUT2D eigenvalue weighted by molar-refractivity contribution is 0.617. The molecule has 0 amide bonds. The van der Waals surface area contributed by atoms with E-state index in [-0.39, 0.29) is 0 Å². The molecule has 0 aromatic carbocycles. The summed E-state index contributed by atoms with van der Waals surface area (Å²) in [6.07, 6.45) is 0.